The van der Waals surface area contributed by atoms with Crippen molar-refractivity contribution in [2.45, 2.75) is 75.8 Å². The summed E-state index contributed by atoms with van der Waals surface area (Å²) in [6, 6.07) is 11.7. The molecule has 0 aliphatic carbocycles. The molecule has 1 aliphatic heterocycles. The third-order valence-electron chi connectivity index (χ3n) is 8.01. The number of nitrogens with two attached hydrogens (primary N) is 1. The molecule has 7 N–H and O–H groups in total. The maximum atomic E-state index is 14.0. The Hall–Kier alpha value is -5.81. The van der Waals surface area contributed by atoms with Gasteiger partial charge in [0.25, 0.3) is 0 Å². The number of alkyl carbamates (subject to hydrolysis) is 1. The van der Waals surface area contributed by atoms with Crippen LogP contribution in [0.1, 0.15) is 38.1 Å². The third-order valence-corrected chi connectivity index (χ3v) is 8.01. The zero-order valence-corrected chi connectivity index (χ0v) is 28.3. The van der Waals surface area contributed by atoms with E-state index in [0.717, 1.165) is 5.56 Å². The molecule has 2 aromatic heterocycles. The molecule has 2 aromatic carbocycles. The average molecular weight is 705 g/mol. The van der Waals surface area contributed by atoms with E-state index in [9.17, 15) is 29.4 Å². The van der Waals surface area contributed by atoms with E-state index in [1.807, 2.05) is 6.07 Å². The Morgan fingerprint density at radius 2 is 1.59 bits per heavy atom. The first-order valence-electron chi connectivity index (χ1n) is 16.0. The molecule has 3 heterocycles. The highest BCUT2D eigenvalue weighted by atomic mass is 16.6. The smallest absolute Gasteiger partial charge is 0.408 e. The van der Waals surface area contributed by atoms with E-state index >= 15 is 0 Å². The molecule has 0 radical (unpaired) electrons. The molecule has 0 spiro atoms. The van der Waals surface area contributed by atoms with Gasteiger partial charge in [-0.05, 0) is 44.0 Å². The van der Waals surface area contributed by atoms with Gasteiger partial charge in [0.2, 0.25) is 11.8 Å². The molecule has 1 saturated heterocycles. The molecule has 270 valence electrons. The van der Waals surface area contributed by atoms with Crippen LogP contribution >= 0.6 is 0 Å². The second kappa shape index (κ2) is 15.4. The first-order valence-corrected chi connectivity index (χ1v) is 16.0. The van der Waals surface area contributed by atoms with Crippen LogP contribution in [-0.2, 0) is 36.7 Å². The maximum Gasteiger partial charge on any atom is 0.408 e. The van der Waals surface area contributed by atoms with Gasteiger partial charge in [0.15, 0.2) is 23.8 Å². The van der Waals surface area contributed by atoms with Crippen molar-refractivity contribution in [3.63, 3.8) is 0 Å². The van der Waals surface area contributed by atoms with Crippen LogP contribution in [0.4, 0.5) is 10.6 Å². The van der Waals surface area contributed by atoms with Crippen LogP contribution in [0.25, 0.3) is 11.2 Å². The monoisotopic (exact) mass is 704 g/mol. The number of aliphatic hydroxyl groups excluding tert-OH is 1. The summed E-state index contributed by atoms with van der Waals surface area (Å²) in [6.45, 7) is 5.05. The number of nitrogen functional groups attached to an aromatic ring is 1. The molecule has 4 aromatic rings. The molecule has 6 atom stereocenters. The van der Waals surface area contributed by atoms with E-state index in [1.165, 1.54) is 24.3 Å². The minimum Gasteiger partial charge on any atom is -0.497 e. The Balaban J connectivity index is 1.42. The molecule has 51 heavy (non-hydrogen) atoms. The number of carbonyl (C=O) groups excluding carboxylic acids is 3. The largest absolute Gasteiger partial charge is 0.497 e. The van der Waals surface area contributed by atoms with Gasteiger partial charge in [0, 0.05) is 12.8 Å². The summed E-state index contributed by atoms with van der Waals surface area (Å²) in [6.07, 6.45) is -3.03. The van der Waals surface area contributed by atoms with Gasteiger partial charge in [-0.2, -0.15) is 0 Å². The molecule has 0 unspecified atom stereocenters. The molecule has 0 bridgehead atoms. The summed E-state index contributed by atoms with van der Waals surface area (Å²) in [5.41, 5.74) is 6.77. The number of aromatic nitrogens is 4. The number of fused-ring (bicyclic) bond motifs is 1. The van der Waals surface area contributed by atoms with Crippen LogP contribution in [0.15, 0.2) is 67.3 Å². The zero-order valence-electron chi connectivity index (χ0n) is 28.3. The van der Waals surface area contributed by atoms with Gasteiger partial charge >= 0.3 is 12.1 Å². The predicted octanol–water partition coefficient (Wildman–Crippen LogP) is 1.11. The van der Waals surface area contributed by atoms with Gasteiger partial charge in [0.05, 0.1) is 19.5 Å². The second-order valence-electron chi connectivity index (χ2n) is 12.9. The number of carboxylic acid groups (broad SMARTS) is 1. The van der Waals surface area contributed by atoms with E-state index in [0.29, 0.717) is 11.3 Å². The van der Waals surface area contributed by atoms with Crippen molar-refractivity contribution >= 4 is 40.9 Å². The molecular weight excluding hydrogens is 664 g/mol. The standard InChI is InChI=1S/C34H40N8O9/c1-34(2,3)51-33(48)40-22(14-18-8-6-5-7-9-18)29(44)39-21(15-19-10-12-20(49-4)13-11-19)30(45)41-23-25(43)31(50-26(23)32(46)47)42-17-38-24-27(35)36-16-37-28(24)42/h5-13,16-17,21-23,25-26,31,43H,14-15H2,1-4H3,(H,39,44)(H,40,48)(H,41,45)(H,46,47)(H2,35,36,37)/t21-,22+,23-,25+,26-,31+/m0/s1. The number of amides is 3. The summed E-state index contributed by atoms with van der Waals surface area (Å²) >= 11 is 0. The van der Waals surface area contributed by atoms with Gasteiger partial charge in [-0.15, -0.1) is 0 Å². The SMILES string of the molecule is COc1ccc(C[C@H](NC(=O)[C@@H](Cc2ccccc2)NC(=O)OC(C)(C)C)C(=O)N[C@H]2[C@@H](O)[C@H](n3cnc4c(N)ncnc43)O[C@@H]2C(=O)O)cc1. The predicted molar refractivity (Wildman–Crippen MR) is 181 cm³/mol. The van der Waals surface area contributed by atoms with Crippen LogP contribution in [-0.4, -0.2) is 96.7 Å². The lowest BCUT2D eigenvalue weighted by Gasteiger charge is -2.27. The zero-order chi connectivity index (χ0) is 36.9. The number of methoxy groups -OCH3 is 1. The van der Waals surface area contributed by atoms with Gasteiger partial charge in [0.1, 0.15) is 41.4 Å². The number of aliphatic carboxylic acids is 1. The van der Waals surface area contributed by atoms with Gasteiger partial charge in [-0.3, -0.25) is 14.2 Å². The quantitative estimate of drug-likeness (QED) is 0.121. The van der Waals surface area contributed by atoms with Gasteiger partial charge in [-0.25, -0.2) is 24.5 Å². The van der Waals surface area contributed by atoms with E-state index < -0.39 is 66.0 Å². The summed E-state index contributed by atoms with van der Waals surface area (Å²) in [5.74, 6) is -2.36. The van der Waals surface area contributed by atoms with Gasteiger partial charge < -0.3 is 46.1 Å². The molecule has 1 aliphatic rings. The Morgan fingerprint density at radius 3 is 2.22 bits per heavy atom. The van der Waals surface area contributed by atoms with Crippen LogP contribution < -0.4 is 26.4 Å². The first-order chi connectivity index (χ1) is 24.2. The van der Waals surface area contributed by atoms with Crippen molar-refractivity contribution in [3.05, 3.63) is 78.4 Å². The highest BCUT2D eigenvalue weighted by Crippen LogP contribution is 2.32. The number of nitrogens with one attached hydrogen (secondary N) is 3. The molecule has 5 rings (SSSR count). The van der Waals surface area contributed by atoms with E-state index in [-0.39, 0.29) is 29.8 Å². The Morgan fingerprint density at radius 1 is 0.941 bits per heavy atom. The number of rotatable bonds is 12. The number of anilines is 1. The fraction of sp³-hybridized carbons (Fsp3) is 0.382. The summed E-state index contributed by atoms with van der Waals surface area (Å²) in [7, 11) is 1.51. The topological polar surface area (TPSA) is 242 Å². The summed E-state index contributed by atoms with van der Waals surface area (Å²) in [4.78, 5) is 65.3. The summed E-state index contributed by atoms with van der Waals surface area (Å²) < 4.78 is 17.7. The highest BCUT2D eigenvalue weighted by molar-refractivity contribution is 5.92. The number of imidazole rings is 1. The molecular formula is C34H40N8O9. The van der Waals surface area contributed by atoms with Crippen molar-refractivity contribution in [2.24, 2.45) is 0 Å². The average Bonchev–Trinajstić information content (AvgIpc) is 3.65. The van der Waals surface area contributed by atoms with Crippen LogP contribution in [0, 0.1) is 0 Å². The molecule has 3 amide bonds. The fourth-order valence-corrected chi connectivity index (χ4v) is 5.58. The molecule has 1 fully saturated rings. The van der Waals surface area contributed by atoms with Crippen LogP contribution in [0.5, 0.6) is 5.75 Å². The minimum absolute atomic E-state index is 0.0563. The number of nitrogens with zero attached hydrogens (tertiary/aromatic N) is 4. The third kappa shape index (κ3) is 8.87. The number of hydrogen-bond acceptors (Lipinski definition) is 12. The van der Waals surface area contributed by atoms with Crippen LogP contribution in [0.2, 0.25) is 0 Å². The number of carboxylic acids is 1. The van der Waals surface area contributed by atoms with Crippen molar-refractivity contribution in [2.75, 3.05) is 12.8 Å². The number of ether oxygens (including phenoxy) is 3. The Labute approximate surface area is 292 Å². The van der Waals surface area contributed by atoms with E-state index in [2.05, 4.69) is 30.9 Å². The van der Waals surface area contributed by atoms with Crippen molar-refractivity contribution < 1.29 is 43.6 Å². The molecule has 0 saturated carbocycles. The Bertz CT molecular complexity index is 1860. The Kier molecular flexibility index (Phi) is 11.0. The minimum atomic E-state index is -1.71. The van der Waals surface area contributed by atoms with Gasteiger partial charge in [-0.1, -0.05) is 42.5 Å². The first kappa shape index (κ1) is 36.5. The lowest BCUT2D eigenvalue weighted by Crippen LogP contribution is -2.59. The second-order valence-corrected chi connectivity index (χ2v) is 12.9. The summed E-state index contributed by atoms with van der Waals surface area (Å²) in [5, 5.41) is 29.3. The fourth-order valence-electron chi connectivity index (χ4n) is 5.58. The maximum absolute atomic E-state index is 14.0. The number of aliphatic hydroxyl groups is 1. The number of carbonyl (C=O) groups is 4. The lowest BCUT2D eigenvalue weighted by atomic mass is 10.0. The number of hydrogen-bond donors (Lipinski definition) is 6. The van der Waals surface area contributed by atoms with Crippen molar-refractivity contribution in [3.8, 4) is 5.75 Å². The van der Waals surface area contributed by atoms with E-state index in [1.54, 1.807) is 69.3 Å². The molecule has 17 heteroatoms. The van der Waals surface area contributed by atoms with Crippen LogP contribution in [0.3, 0.4) is 0 Å². The highest BCUT2D eigenvalue weighted by Gasteiger charge is 2.50. The lowest BCUT2D eigenvalue weighted by molar-refractivity contribution is -0.152. The van der Waals surface area contributed by atoms with Crippen molar-refractivity contribution in [1.82, 2.24) is 35.5 Å². The normalized spacial score (nSPS) is 19.9. The van der Waals surface area contributed by atoms with Crippen molar-refractivity contribution in [1.29, 1.82) is 0 Å². The molecule has 17 nitrogen and oxygen atoms in total. The number of benzene rings is 2. The van der Waals surface area contributed by atoms with E-state index in [4.69, 9.17) is 19.9 Å².